The highest BCUT2D eigenvalue weighted by atomic mass is 35.5. The molecule has 0 fully saturated rings. The topological polar surface area (TPSA) is 81.7 Å². The van der Waals surface area contributed by atoms with Crippen molar-refractivity contribution >= 4 is 52.7 Å². The summed E-state index contributed by atoms with van der Waals surface area (Å²) in [7, 11) is 1.13. The minimum atomic E-state index is -1.06. The first-order valence-corrected chi connectivity index (χ1v) is 8.17. The molecule has 0 aliphatic heterocycles. The van der Waals surface area contributed by atoms with Crippen LogP contribution in [-0.4, -0.2) is 36.9 Å². The number of hydrogen-bond donors (Lipinski definition) is 1. The van der Waals surface area contributed by atoms with E-state index < -0.39 is 24.1 Å². The van der Waals surface area contributed by atoms with Crippen LogP contribution in [0.3, 0.4) is 0 Å². The van der Waals surface area contributed by atoms with Crippen LogP contribution in [-0.2, 0) is 24.8 Å². The first-order valence-electron chi connectivity index (χ1n) is 5.82. The number of amides is 2. The summed E-state index contributed by atoms with van der Waals surface area (Å²) < 4.78 is 9.86. The van der Waals surface area contributed by atoms with Crippen molar-refractivity contribution in [1.29, 1.82) is 0 Å². The molecule has 0 spiro atoms. The van der Waals surface area contributed by atoms with Crippen LogP contribution in [0.25, 0.3) is 0 Å². The number of methoxy groups -OCH3 is 1. The van der Waals surface area contributed by atoms with Crippen molar-refractivity contribution in [3.8, 4) is 0 Å². The lowest BCUT2D eigenvalue weighted by Gasteiger charge is -2.12. The monoisotopic (exact) mass is 351 g/mol. The van der Waals surface area contributed by atoms with Crippen molar-refractivity contribution in [3.63, 3.8) is 0 Å². The number of thioether (sulfide) groups is 1. The van der Waals surface area contributed by atoms with Gasteiger partial charge in [0.15, 0.2) is 6.10 Å². The normalized spacial score (nSPS) is 11.6. The number of imide groups is 1. The Bertz CT molecular complexity index is 520. The Balaban J connectivity index is 2.26. The first-order chi connectivity index (χ1) is 9.92. The van der Waals surface area contributed by atoms with E-state index in [4.69, 9.17) is 16.3 Å². The van der Waals surface area contributed by atoms with E-state index >= 15 is 0 Å². The van der Waals surface area contributed by atoms with Gasteiger partial charge in [0.1, 0.15) is 0 Å². The highest BCUT2D eigenvalue weighted by Crippen LogP contribution is 2.25. The Labute approximate surface area is 135 Å². The van der Waals surface area contributed by atoms with Gasteiger partial charge in [0.2, 0.25) is 0 Å². The van der Waals surface area contributed by atoms with Gasteiger partial charge in [-0.25, -0.2) is 4.79 Å². The molecule has 9 heteroatoms. The molecule has 1 aromatic rings. The van der Waals surface area contributed by atoms with Crippen LogP contribution in [0, 0.1) is 0 Å². The molecule has 1 rings (SSSR count). The minimum absolute atomic E-state index is 0.103. The van der Waals surface area contributed by atoms with Crippen LogP contribution in [0.5, 0.6) is 0 Å². The maximum atomic E-state index is 11.5. The standard InChI is InChI=1S/C12H14ClNO5S2/c1-7(11(16)14-12(17)18-2)19-10(15)6-20-5-8-3-4-9(13)21-8/h3-4,7H,5-6H2,1-2H3,(H,14,16,17)/t7-/m1/s1. The number of thiophene rings is 1. The summed E-state index contributed by atoms with van der Waals surface area (Å²) in [5, 5.41) is 1.92. The van der Waals surface area contributed by atoms with Crippen LogP contribution in [0.1, 0.15) is 11.8 Å². The quantitative estimate of drug-likeness (QED) is 0.793. The van der Waals surface area contributed by atoms with Gasteiger partial charge in [0.25, 0.3) is 5.91 Å². The SMILES string of the molecule is COC(=O)NC(=O)[C@@H](C)OC(=O)CSCc1ccc(Cl)s1. The predicted octanol–water partition coefficient (Wildman–Crippen LogP) is 2.45. The van der Waals surface area contributed by atoms with E-state index in [9.17, 15) is 14.4 Å². The highest BCUT2D eigenvalue weighted by molar-refractivity contribution is 7.99. The van der Waals surface area contributed by atoms with Crippen molar-refractivity contribution in [3.05, 3.63) is 21.3 Å². The van der Waals surface area contributed by atoms with E-state index in [1.54, 1.807) is 6.07 Å². The smallest absolute Gasteiger partial charge is 0.413 e. The van der Waals surface area contributed by atoms with Crippen LogP contribution < -0.4 is 5.32 Å². The number of carbonyl (C=O) groups is 3. The summed E-state index contributed by atoms with van der Waals surface area (Å²) in [6.07, 6.45) is -1.96. The highest BCUT2D eigenvalue weighted by Gasteiger charge is 2.20. The lowest BCUT2D eigenvalue weighted by atomic mass is 10.4. The van der Waals surface area contributed by atoms with Crippen molar-refractivity contribution in [2.24, 2.45) is 0 Å². The summed E-state index contributed by atoms with van der Waals surface area (Å²) in [6, 6.07) is 3.68. The molecule has 1 heterocycles. The summed E-state index contributed by atoms with van der Waals surface area (Å²) in [5.74, 6) is -0.527. The Hall–Kier alpha value is -1.25. The predicted molar refractivity (Wildman–Crippen MR) is 81.6 cm³/mol. The van der Waals surface area contributed by atoms with E-state index in [2.05, 4.69) is 4.74 Å². The molecular formula is C12H14ClNO5S2. The van der Waals surface area contributed by atoms with Crippen molar-refractivity contribution in [2.75, 3.05) is 12.9 Å². The Morgan fingerprint density at radius 1 is 1.43 bits per heavy atom. The van der Waals surface area contributed by atoms with E-state index in [-0.39, 0.29) is 5.75 Å². The first kappa shape index (κ1) is 17.8. The van der Waals surface area contributed by atoms with Gasteiger partial charge in [-0.15, -0.1) is 23.1 Å². The number of esters is 1. The summed E-state index contributed by atoms with van der Waals surface area (Å²) in [6.45, 7) is 1.37. The summed E-state index contributed by atoms with van der Waals surface area (Å²) >= 11 is 8.59. The number of nitrogens with one attached hydrogen (secondary N) is 1. The zero-order valence-electron chi connectivity index (χ0n) is 11.4. The maximum Gasteiger partial charge on any atom is 0.413 e. The average Bonchev–Trinajstić information content (AvgIpc) is 2.84. The van der Waals surface area contributed by atoms with Crippen LogP contribution >= 0.6 is 34.7 Å². The van der Waals surface area contributed by atoms with Crippen LogP contribution in [0.15, 0.2) is 12.1 Å². The second-order valence-corrected chi connectivity index (χ2v) is 6.60. The number of hydrogen-bond acceptors (Lipinski definition) is 7. The van der Waals surface area contributed by atoms with Gasteiger partial charge in [-0.05, 0) is 19.1 Å². The molecule has 2 amide bonds. The fourth-order valence-electron chi connectivity index (χ4n) is 1.20. The molecule has 21 heavy (non-hydrogen) atoms. The average molecular weight is 352 g/mol. The largest absolute Gasteiger partial charge is 0.453 e. The molecule has 1 N–H and O–H groups in total. The molecule has 0 saturated carbocycles. The Kier molecular flexibility index (Phi) is 7.55. The Morgan fingerprint density at radius 2 is 2.14 bits per heavy atom. The van der Waals surface area contributed by atoms with E-state index in [0.29, 0.717) is 10.1 Å². The maximum absolute atomic E-state index is 11.5. The van der Waals surface area contributed by atoms with Gasteiger partial charge in [0.05, 0.1) is 17.2 Å². The van der Waals surface area contributed by atoms with Gasteiger partial charge >= 0.3 is 12.1 Å². The van der Waals surface area contributed by atoms with Gasteiger partial charge in [0, 0.05) is 10.6 Å². The zero-order valence-corrected chi connectivity index (χ0v) is 13.8. The molecule has 0 unspecified atom stereocenters. The molecule has 1 atom stereocenters. The molecule has 1 aromatic heterocycles. The van der Waals surface area contributed by atoms with E-state index in [0.717, 1.165) is 12.0 Å². The lowest BCUT2D eigenvalue weighted by molar-refractivity contribution is -0.152. The lowest BCUT2D eigenvalue weighted by Crippen LogP contribution is -2.39. The molecule has 116 valence electrons. The molecule has 0 aliphatic rings. The fraction of sp³-hybridized carbons (Fsp3) is 0.417. The fourth-order valence-corrected chi connectivity index (χ4v) is 3.21. The van der Waals surface area contributed by atoms with Crippen molar-refractivity contribution in [2.45, 2.75) is 18.8 Å². The second kappa shape index (κ2) is 8.91. The molecule has 0 bridgehead atoms. The molecular weight excluding hydrogens is 338 g/mol. The third-order valence-corrected chi connectivity index (χ3v) is 4.55. The molecule has 0 radical (unpaired) electrons. The molecule has 0 aromatic carbocycles. The van der Waals surface area contributed by atoms with E-state index in [1.165, 1.54) is 30.0 Å². The van der Waals surface area contributed by atoms with Gasteiger partial charge < -0.3 is 9.47 Å². The number of ether oxygens (including phenoxy) is 2. The van der Waals surface area contributed by atoms with Crippen LogP contribution in [0.2, 0.25) is 4.34 Å². The number of rotatable bonds is 6. The number of alkyl carbamates (subject to hydrolysis) is 1. The molecule has 6 nitrogen and oxygen atoms in total. The molecule has 0 aliphatic carbocycles. The van der Waals surface area contributed by atoms with Gasteiger partial charge in [-0.2, -0.15) is 0 Å². The van der Waals surface area contributed by atoms with Crippen molar-refractivity contribution < 1.29 is 23.9 Å². The van der Waals surface area contributed by atoms with Crippen LogP contribution in [0.4, 0.5) is 4.79 Å². The van der Waals surface area contributed by atoms with Crippen molar-refractivity contribution in [1.82, 2.24) is 5.32 Å². The Morgan fingerprint density at radius 3 is 2.71 bits per heavy atom. The minimum Gasteiger partial charge on any atom is -0.453 e. The molecule has 0 saturated heterocycles. The van der Waals surface area contributed by atoms with Gasteiger partial charge in [-0.1, -0.05) is 11.6 Å². The number of carbonyl (C=O) groups excluding carboxylic acids is 3. The summed E-state index contributed by atoms with van der Waals surface area (Å²) in [5.41, 5.74) is 0. The van der Waals surface area contributed by atoms with Gasteiger partial charge in [-0.3, -0.25) is 14.9 Å². The zero-order chi connectivity index (χ0) is 15.8. The third-order valence-electron chi connectivity index (χ3n) is 2.18. The third kappa shape index (κ3) is 6.83. The second-order valence-electron chi connectivity index (χ2n) is 3.81. The van der Waals surface area contributed by atoms with E-state index in [1.807, 2.05) is 11.4 Å². The summed E-state index contributed by atoms with van der Waals surface area (Å²) in [4.78, 5) is 34.9. The number of halogens is 1.